The fourth-order valence-electron chi connectivity index (χ4n) is 1.72. The molecule has 1 fully saturated rings. The van der Waals surface area contributed by atoms with Crippen LogP contribution in [0.25, 0.3) is 0 Å². The predicted molar refractivity (Wildman–Crippen MR) is 56.0 cm³/mol. The first-order chi connectivity index (χ1) is 7.17. The summed E-state index contributed by atoms with van der Waals surface area (Å²) in [5.41, 5.74) is -0.413. The fraction of sp³-hybridized carbons (Fsp3) is 0.455. The van der Waals surface area contributed by atoms with Crippen LogP contribution in [0.2, 0.25) is 0 Å². The number of nitrogens with one attached hydrogen (secondary N) is 1. The topological polar surface area (TPSA) is 61.7 Å². The zero-order valence-electron chi connectivity index (χ0n) is 8.66. The Bertz CT molecular complexity index is 361. The maximum absolute atomic E-state index is 10.1. The number of para-hydroxylation sites is 1. The first-order valence-corrected chi connectivity index (χ1v) is 5.06. The highest BCUT2D eigenvalue weighted by molar-refractivity contribution is 5.49. The molecule has 2 rings (SSSR count). The number of aliphatic hydroxyl groups is 1. The van der Waals surface area contributed by atoms with Gasteiger partial charge in [-0.2, -0.15) is 0 Å². The van der Waals surface area contributed by atoms with Gasteiger partial charge in [0.2, 0.25) is 0 Å². The van der Waals surface area contributed by atoms with Gasteiger partial charge in [0.05, 0.1) is 6.61 Å². The van der Waals surface area contributed by atoms with Gasteiger partial charge in [0.25, 0.3) is 0 Å². The molecule has 4 nitrogen and oxygen atoms in total. The molecule has 3 N–H and O–H groups in total. The molecular formula is C11H15NO3. The van der Waals surface area contributed by atoms with Crippen LogP contribution < -0.4 is 10.1 Å². The van der Waals surface area contributed by atoms with Crippen LogP contribution in [0.15, 0.2) is 18.2 Å². The van der Waals surface area contributed by atoms with E-state index in [0.29, 0.717) is 31.0 Å². The van der Waals surface area contributed by atoms with Crippen molar-refractivity contribution in [1.29, 1.82) is 0 Å². The number of benzene rings is 1. The van der Waals surface area contributed by atoms with E-state index in [-0.39, 0.29) is 5.75 Å². The van der Waals surface area contributed by atoms with Gasteiger partial charge in [-0.15, -0.1) is 0 Å². The third-order valence-electron chi connectivity index (χ3n) is 2.64. The van der Waals surface area contributed by atoms with Gasteiger partial charge < -0.3 is 20.3 Å². The molecule has 0 amide bonds. The number of aromatic hydroxyl groups is 1. The molecule has 0 saturated carbocycles. The number of phenols is 1. The minimum absolute atomic E-state index is 0.0448. The zero-order valence-corrected chi connectivity index (χ0v) is 8.66. The molecule has 1 aromatic carbocycles. The van der Waals surface area contributed by atoms with Crippen molar-refractivity contribution in [3.63, 3.8) is 0 Å². The standard InChI is InChI=1S/C11H15NO3/c1-2-15-9-5-3-4-8(10(9)13)11(14)6-12-7-11/h3-5,12-14H,2,6-7H2,1H3. The van der Waals surface area contributed by atoms with Crippen LogP contribution in [-0.2, 0) is 5.60 Å². The minimum atomic E-state index is -0.947. The third-order valence-corrected chi connectivity index (χ3v) is 2.64. The first kappa shape index (κ1) is 10.3. The van der Waals surface area contributed by atoms with Gasteiger partial charge in [-0.25, -0.2) is 0 Å². The SMILES string of the molecule is CCOc1cccc(C2(O)CNC2)c1O. The lowest BCUT2D eigenvalue weighted by Gasteiger charge is -2.38. The number of hydrogen-bond donors (Lipinski definition) is 3. The van der Waals surface area contributed by atoms with Crippen LogP contribution in [0.4, 0.5) is 0 Å². The van der Waals surface area contributed by atoms with Gasteiger partial charge in [0.1, 0.15) is 5.60 Å². The molecule has 4 heteroatoms. The normalized spacial score (nSPS) is 18.3. The maximum Gasteiger partial charge on any atom is 0.163 e. The summed E-state index contributed by atoms with van der Waals surface area (Å²) in [6.45, 7) is 3.28. The highest BCUT2D eigenvalue weighted by Crippen LogP contribution is 2.38. The quantitative estimate of drug-likeness (QED) is 0.681. The van der Waals surface area contributed by atoms with E-state index >= 15 is 0 Å². The summed E-state index contributed by atoms with van der Waals surface area (Å²) in [5.74, 6) is 0.471. The summed E-state index contributed by atoms with van der Waals surface area (Å²) in [6, 6.07) is 5.19. The van der Waals surface area contributed by atoms with E-state index in [1.54, 1.807) is 18.2 Å². The molecule has 1 saturated heterocycles. The summed E-state index contributed by atoms with van der Waals surface area (Å²) in [7, 11) is 0. The highest BCUT2D eigenvalue weighted by atomic mass is 16.5. The Morgan fingerprint density at radius 3 is 2.73 bits per heavy atom. The van der Waals surface area contributed by atoms with Crippen LogP contribution in [0.5, 0.6) is 11.5 Å². The van der Waals surface area contributed by atoms with Crippen molar-refractivity contribution in [2.45, 2.75) is 12.5 Å². The average molecular weight is 209 g/mol. The molecule has 82 valence electrons. The molecule has 0 atom stereocenters. The van der Waals surface area contributed by atoms with Crippen molar-refractivity contribution in [2.24, 2.45) is 0 Å². The van der Waals surface area contributed by atoms with E-state index in [0.717, 1.165) is 0 Å². The molecular weight excluding hydrogens is 194 g/mol. The Balaban J connectivity index is 2.35. The van der Waals surface area contributed by atoms with Crippen molar-refractivity contribution >= 4 is 0 Å². The third kappa shape index (κ3) is 1.66. The van der Waals surface area contributed by atoms with E-state index in [4.69, 9.17) is 4.74 Å². The Morgan fingerprint density at radius 2 is 2.20 bits per heavy atom. The van der Waals surface area contributed by atoms with Gasteiger partial charge in [-0.05, 0) is 13.0 Å². The zero-order chi connectivity index (χ0) is 10.9. The number of phenolic OH excluding ortho intramolecular Hbond substituents is 1. The molecule has 0 unspecified atom stereocenters. The first-order valence-electron chi connectivity index (χ1n) is 5.06. The van der Waals surface area contributed by atoms with Crippen LogP contribution >= 0.6 is 0 Å². The smallest absolute Gasteiger partial charge is 0.163 e. The number of ether oxygens (including phenoxy) is 1. The summed E-state index contributed by atoms with van der Waals surface area (Å²) >= 11 is 0. The van der Waals surface area contributed by atoms with Crippen molar-refractivity contribution in [1.82, 2.24) is 5.32 Å². The predicted octanol–water partition coefficient (Wildman–Crippen LogP) is 0.582. The summed E-state index contributed by atoms with van der Waals surface area (Å²) < 4.78 is 5.26. The highest BCUT2D eigenvalue weighted by Gasteiger charge is 2.38. The van der Waals surface area contributed by atoms with E-state index in [1.165, 1.54) is 0 Å². The van der Waals surface area contributed by atoms with Crippen molar-refractivity contribution in [3.05, 3.63) is 23.8 Å². The van der Waals surface area contributed by atoms with E-state index in [9.17, 15) is 10.2 Å². The molecule has 0 aromatic heterocycles. The molecule has 1 aromatic rings. The Hall–Kier alpha value is -1.26. The van der Waals surface area contributed by atoms with Crippen molar-refractivity contribution < 1.29 is 14.9 Å². The van der Waals surface area contributed by atoms with Crippen LogP contribution in [0, 0.1) is 0 Å². The van der Waals surface area contributed by atoms with Gasteiger partial charge in [0, 0.05) is 18.7 Å². The van der Waals surface area contributed by atoms with Crippen LogP contribution in [0.1, 0.15) is 12.5 Å². The van der Waals surface area contributed by atoms with Gasteiger partial charge in [0.15, 0.2) is 11.5 Å². The lowest BCUT2D eigenvalue weighted by Crippen LogP contribution is -2.56. The average Bonchev–Trinajstić information content (AvgIpc) is 2.18. The van der Waals surface area contributed by atoms with E-state index < -0.39 is 5.60 Å². The van der Waals surface area contributed by atoms with Gasteiger partial charge in [-0.1, -0.05) is 12.1 Å². The Kier molecular flexibility index (Phi) is 2.54. The Morgan fingerprint density at radius 1 is 1.47 bits per heavy atom. The number of rotatable bonds is 3. The second-order valence-corrected chi connectivity index (χ2v) is 3.72. The molecule has 1 aliphatic heterocycles. The number of β-amino-alcohol motifs (C(OH)–C–C–N with tert-alkyl or cyclic N) is 1. The molecule has 15 heavy (non-hydrogen) atoms. The lowest BCUT2D eigenvalue weighted by atomic mass is 9.87. The molecule has 1 heterocycles. The molecule has 0 bridgehead atoms. The van der Waals surface area contributed by atoms with E-state index in [2.05, 4.69) is 5.32 Å². The molecule has 0 radical (unpaired) electrons. The van der Waals surface area contributed by atoms with Crippen molar-refractivity contribution in [2.75, 3.05) is 19.7 Å². The second-order valence-electron chi connectivity index (χ2n) is 3.72. The minimum Gasteiger partial charge on any atom is -0.504 e. The summed E-state index contributed by atoms with van der Waals surface area (Å²) in [4.78, 5) is 0. The second kappa shape index (κ2) is 3.72. The molecule has 0 aliphatic carbocycles. The number of hydrogen-bond acceptors (Lipinski definition) is 4. The molecule has 0 spiro atoms. The summed E-state index contributed by atoms with van der Waals surface area (Å²) in [5, 5.41) is 23.0. The van der Waals surface area contributed by atoms with Crippen molar-refractivity contribution in [3.8, 4) is 11.5 Å². The van der Waals surface area contributed by atoms with E-state index in [1.807, 2.05) is 6.92 Å². The largest absolute Gasteiger partial charge is 0.504 e. The maximum atomic E-state index is 10.1. The summed E-state index contributed by atoms with van der Waals surface area (Å²) in [6.07, 6.45) is 0. The van der Waals surface area contributed by atoms with Gasteiger partial charge >= 0.3 is 0 Å². The fourth-order valence-corrected chi connectivity index (χ4v) is 1.72. The van der Waals surface area contributed by atoms with Gasteiger partial charge in [-0.3, -0.25) is 0 Å². The monoisotopic (exact) mass is 209 g/mol. The Labute approximate surface area is 88.5 Å². The van der Waals surface area contributed by atoms with Crippen LogP contribution in [0.3, 0.4) is 0 Å². The molecule has 1 aliphatic rings. The lowest BCUT2D eigenvalue weighted by molar-refractivity contribution is -0.0167. The van der Waals surface area contributed by atoms with Crippen LogP contribution in [-0.4, -0.2) is 29.9 Å².